The van der Waals surface area contributed by atoms with Crippen LogP contribution in [-0.4, -0.2) is 21.2 Å². The molecule has 1 aliphatic carbocycles. The Morgan fingerprint density at radius 2 is 1.92 bits per heavy atom. The molecule has 5 N–H and O–H groups in total. The minimum atomic E-state index is 0.0790. The quantitative estimate of drug-likeness (QED) is 0.490. The van der Waals surface area contributed by atoms with Crippen molar-refractivity contribution in [1.29, 1.82) is 5.41 Å². The molecule has 7 heteroatoms. The predicted molar refractivity (Wildman–Crippen MR) is 105 cm³/mol. The number of amidine groups is 1. The zero-order valence-electron chi connectivity index (χ0n) is 13.9. The first-order valence-corrected chi connectivity index (χ1v) is 8.56. The van der Waals surface area contributed by atoms with Gasteiger partial charge < -0.3 is 11.5 Å². The number of rotatable bonds is 3. The second-order valence-electron chi connectivity index (χ2n) is 6.13. The molecule has 1 aliphatic rings. The van der Waals surface area contributed by atoms with Crippen LogP contribution in [0.5, 0.6) is 0 Å². The minimum Gasteiger partial charge on any atom is -0.384 e. The number of aromatic nitrogens is 2. The van der Waals surface area contributed by atoms with Crippen molar-refractivity contribution in [2.75, 3.05) is 5.73 Å². The molecule has 0 amide bonds. The third-order valence-corrected chi connectivity index (χ3v) is 4.72. The maximum Gasteiger partial charge on any atom is 0.221 e. The Morgan fingerprint density at radius 3 is 2.65 bits per heavy atom. The molecule has 0 spiro atoms. The number of hydrogen-bond acceptors (Lipinski definition) is 4. The van der Waals surface area contributed by atoms with Gasteiger partial charge in [0.15, 0.2) is 0 Å². The third kappa shape index (κ3) is 2.84. The lowest BCUT2D eigenvalue weighted by atomic mass is 10.0. The number of hydrogen-bond donors (Lipinski definition) is 3. The number of imidazole rings is 1. The number of nitrogens with one attached hydrogen (secondary N) is 1. The molecule has 0 bridgehead atoms. The molecule has 0 saturated heterocycles. The normalized spacial score (nSPS) is 14.6. The van der Waals surface area contributed by atoms with Crippen LogP contribution in [0.4, 0.5) is 5.95 Å². The van der Waals surface area contributed by atoms with Crippen molar-refractivity contribution >= 4 is 29.1 Å². The van der Waals surface area contributed by atoms with Gasteiger partial charge in [-0.05, 0) is 30.5 Å². The Bertz CT molecular complexity index is 1030. The number of anilines is 1. The molecule has 3 aromatic rings. The summed E-state index contributed by atoms with van der Waals surface area (Å²) in [5.41, 5.74) is 17.2. The third-order valence-electron chi connectivity index (χ3n) is 4.47. The second-order valence-corrected chi connectivity index (χ2v) is 6.56. The van der Waals surface area contributed by atoms with Crippen molar-refractivity contribution in [3.63, 3.8) is 0 Å². The molecular formula is C19H17ClN6. The first-order chi connectivity index (χ1) is 12.5. The van der Waals surface area contributed by atoms with Gasteiger partial charge in [0.05, 0.1) is 17.6 Å². The van der Waals surface area contributed by atoms with Gasteiger partial charge in [0.2, 0.25) is 5.95 Å². The molecule has 0 aliphatic heterocycles. The van der Waals surface area contributed by atoms with Gasteiger partial charge in [-0.1, -0.05) is 41.9 Å². The summed E-state index contributed by atoms with van der Waals surface area (Å²) in [6.45, 7) is 0. The van der Waals surface area contributed by atoms with Crippen molar-refractivity contribution in [2.24, 2.45) is 10.8 Å². The first kappa shape index (κ1) is 16.4. The lowest BCUT2D eigenvalue weighted by Gasteiger charge is -2.06. The molecule has 4 rings (SSSR count). The minimum absolute atomic E-state index is 0.0790. The van der Waals surface area contributed by atoms with E-state index in [1.807, 2.05) is 42.5 Å². The largest absolute Gasteiger partial charge is 0.384 e. The molecular weight excluding hydrogens is 348 g/mol. The van der Waals surface area contributed by atoms with Crippen LogP contribution >= 0.6 is 11.6 Å². The summed E-state index contributed by atoms with van der Waals surface area (Å²) in [6.07, 6.45) is 3.38. The molecule has 0 atom stereocenters. The number of halogens is 1. The highest BCUT2D eigenvalue weighted by atomic mass is 35.5. The fourth-order valence-corrected chi connectivity index (χ4v) is 3.34. The maximum atomic E-state index is 7.73. The topological polar surface area (TPSA) is 106 Å². The Labute approximate surface area is 155 Å². The molecule has 0 fully saturated rings. The highest BCUT2D eigenvalue weighted by Crippen LogP contribution is 2.27. The van der Waals surface area contributed by atoms with Crippen LogP contribution in [0.1, 0.15) is 23.1 Å². The zero-order valence-corrected chi connectivity index (χ0v) is 14.7. The highest BCUT2D eigenvalue weighted by molar-refractivity contribution is 6.30. The highest BCUT2D eigenvalue weighted by Gasteiger charge is 2.22. The molecule has 1 aromatic heterocycles. The second kappa shape index (κ2) is 6.31. The average molecular weight is 365 g/mol. The van der Waals surface area contributed by atoms with Crippen LogP contribution in [0, 0.1) is 5.41 Å². The van der Waals surface area contributed by atoms with E-state index in [-0.39, 0.29) is 5.84 Å². The van der Waals surface area contributed by atoms with Gasteiger partial charge in [0, 0.05) is 21.7 Å². The molecule has 130 valence electrons. The number of fused-ring (bicyclic) bond motifs is 1. The summed E-state index contributed by atoms with van der Waals surface area (Å²) in [5, 5.41) is 13.1. The SMILES string of the molecule is N=C(N)c1cccc2c1CCC2=Nn1cc(-c2ccc(Cl)cc2)nc1N. The van der Waals surface area contributed by atoms with Gasteiger partial charge in [0.1, 0.15) is 5.84 Å². The Balaban J connectivity index is 1.72. The predicted octanol–water partition coefficient (Wildman–Crippen LogP) is 3.27. The van der Waals surface area contributed by atoms with Crippen molar-refractivity contribution in [2.45, 2.75) is 12.8 Å². The van der Waals surface area contributed by atoms with E-state index in [0.29, 0.717) is 11.0 Å². The van der Waals surface area contributed by atoms with E-state index in [9.17, 15) is 0 Å². The summed E-state index contributed by atoms with van der Waals surface area (Å²) < 4.78 is 1.59. The number of nitrogens with two attached hydrogens (primary N) is 2. The Kier molecular flexibility index (Phi) is 3.97. The van der Waals surface area contributed by atoms with E-state index >= 15 is 0 Å². The summed E-state index contributed by atoms with van der Waals surface area (Å²) in [7, 11) is 0. The monoisotopic (exact) mass is 364 g/mol. The van der Waals surface area contributed by atoms with Crippen LogP contribution in [-0.2, 0) is 6.42 Å². The van der Waals surface area contributed by atoms with Crippen LogP contribution < -0.4 is 11.5 Å². The fraction of sp³-hybridized carbons (Fsp3) is 0.105. The Morgan fingerprint density at radius 1 is 1.15 bits per heavy atom. The van der Waals surface area contributed by atoms with Crippen molar-refractivity contribution in [3.05, 3.63) is 70.4 Å². The van der Waals surface area contributed by atoms with Crippen LogP contribution in [0.25, 0.3) is 11.3 Å². The lowest BCUT2D eigenvalue weighted by molar-refractivity contribution is 0.883. The number of nitrogens with zero attached hydrogens (tertiary/aromatic N) is 3. The smallest absolute Gasteiger partial charge is 0.221 e. The molecule has 26 heavy (non-hydrogen) atoms. The number of nitrogen functional groups attached to an aromatic ring is 2. The van der Waals surface area contributed by atoms with Gasteiger partial charge >= 0.3 is 0 Å². The molecule has 6 nitrogen and oxygen atoms in total. The first-order valence-electron chi connectivity index (χ1n) is 8.18. The van der Waals surface area contributed by atoms with Crippen molar-refractivity contribution in [3.8, 4) is 11.3 Å². The van der Waals surface area contributed by atoms with Gasteiger partial charge in [-0.15, -0.1) is 0 Å². The molecule has 0 unspecified atom stereocenters. The van der Waals surface area contributed by atoms with E-state index in [0.717, 1.165) is 46.5 Å². The maximum absolute atomic E-state index is 7.73. The summed E-state index contributed by atoms with van der Waals surface area (Å²) in [5.74, 6) is 0.397. The summed E-state index contributed by atoms with van der Waals surface area (Å²) in [4.78, 5) is 4.39. The Hall–Kier alpha value is -3.12. The van der Waals surface area contributed by atoms with E-state index in [2.05, 4.69) is 10.1 Å². The zero-order chi connectivity index (χ0) is 18.3. The van der Waals surface area contributed by atoms with Crippen molar-refractivity contribution in [1.82, 2.24) is 9.66 Å². The molecule has 1 heterocycles. The molecule has 2 aromatic carbocycles. The van der Waals surface area contributed by atoms with Gasteiger partial charge in [-0.2, -0.15) is 5.10 Å². The van der Waals surface area contributed by atoms with Crippen LogP contribution in [0.15, 0.2) is 53.8 Å². The van der Waals surface area contributed by atoms with Crippen molar-refractivity contribution < 1.29 is 0 Å². The summed E-state index contributed by atoms with van der Waals surface area (Å²) >= 11 is 5.94. The standard InChI is InChI=1S/C19H17ClN6/c20-12-6-4-11(5-7-12)17-10-26(19(23)24-17)25-16-9-8-13-14(16)2-1-3-15(13)18(21)22/h1-7,10H,8-9H2,(H3,21,22)(H2,23,24). The van der Waals surface area contributed by atoms with Crippen LogP contribution in [0.2, 0.25) is 5.02 Å². The van der Waals surface area contributed by atoms with E-state index in [1.54, 1.807) is 10.9 Å². The fourth-order valence-electron chi connectivity index (χ4n) is 3.22. The number of benzene rings is 2. The molecule has 0 saturated carbocycles. The van der Waals surface area contributed by atoms with Gasteiger partial charge in [-0.25, -0.2) is 9.66 Å². The van der Waals surface area contributed by atoms with E-state index < -0.39 is 0 Å². The lowest BCUT2D eigenvalue weighted by Crippen LogP contribution is -2.13. The van der Waals surface area contributed by atoms with Gasteiger partial charge in [0.25, 0.3) is 0 Å². The molecule has 0 radical (unpaired) electrons. The van der Waals surface area contributed by atoms with E-state index in [1.165, 1.54) is 0 Å². The van der Waals surface area contributed by atoms with Gasteiger partial charge in [-0.3, -0.25) is 5.41 Å². The van der Waals surface area contributed by atoms with Crippen LogP contribution in [0.3, 0.4) is 0 Å². The average Bonchev–Trinajstić information content (AvgIpc) is 3.20. The van der Waals surface area contributed by atoms with E-state index in [4.69, 9.17) is 28.5 Å². The summed E-state index contributed by atoms with van der Waals surface area (Å²) in [6, 6.07) is 13.2.